The average molecular weight is 295 g/mol. The number of aryl methyl sites for hydroxylation is 2. The van der Waals surface area contributed by atoms with Gasteiger partial charge in [-0.05, 0) is 20.8 Å². The summed E-state index contributed by atoms with van der Waals surface area (Å²) in [5.74, 6) is -1.91. The second kappa shape index (κ2) is 5.04. The monoisotopic (exact) mass is 295 g/mol. The Morgan fingerprint density at radius 3 is 2.70 bits per heavy atom. The maximum Gasteiger partial charge on any atom is 0.325 e. The summed E-state index contributed by atoms with van der Waals surface area (Å²) in [7, 11) is 0. The second-order valence-electron chi connectivity index (χ2n) is 4.37. The van der Waals surface area contributed by atoms with Crippen LogP contribution in [0, 0.1) is 13.8 Å². The van der Waals surface area contributed by atoms with Crippen LogP contribution in [0.3, 0.4) is 0 Å². The molecule has 0 aromatic carbocycles. The quantitative estimate of drug-likeness (QED) is 0.862. The molecule has 2 rings (SSSR count). The van der Waals surface area contributed by atoms with Gasteiger partial charge in [-0.3, -0.25) is 18.8 Å². The summed E-state index contributed by atoms with van der Waals surface area (Å²) in [5.41, 5.74) is 0.0619. The lowest BCUT2D eigenvalue weighted by Crippen LogP contribution is -2.41. The van der Waals surface area contributed by atoms with Gasteiger partial charge in [0.25, 0.3) is 11.5 Å². The molecule has 106 valence electrons. The summed E-state index contributed by atoms with van der Waals surface area (Å²) in [6.45, 7) is 4.95. The smallest absolute Gasteiger partial charge is 0.325 e. The molecule has 8 heteroatoms. The molecule has 2 N–H and O–H groups in total. The number of fused-ring (bicyclic) bond motifs is 1. The van der Waals surface area contributed by atoms with Crippen LogP contribution in [0.1, 0.15) is 27.9 Å². The van der Waals surface area contributed by atoms with E-state index in [1.165, 1.54) is 28.9 Å². The lowest BCUT2D eigenvalue weighted by atomic mass is 10.2. The van der Waals surface area contributed by atoms with E-state index in [0.29, 0.717) is 4.96 Å². The molecule has 0 aliphatic carbocycles. The highest BCUT2D eigenvalue weighted by Gasteiger charge is 2.20. The topological polar surface area (TPSA) is 101 Å². The molecular weight excluding hydrogens is 282 g/mol. The van der Waals surface area contributed by atoms with Crippen molar-refractivity contribution in [2.75, 3.05) is 0 Å². The Morgan fingerprint density at radius 2 is 2.10 bits per heavy atom. The van der Waals surface area contributed by atoms with Gasteiger partial charge in [0.05, 0.1) is 0 Å². The number of carboxylic acid groups (broad SMARTS) is 1. The first kappa shape index (κ1) is 14.2. The molecule has 2 aromatic rings. The lowest BCUT2D eigenvalue weighted by Gasteiger charge is -2.08. The molecule has 0 bridgehead atoms. The fraction of sp³-hybridized carbons (Fsp3) is 0.333. The van der Waals surface area contributed by atoms with E-state index in [2.05, 4.69) is 10.3 Å². The van der Waals surface area contributed by atoms with Crippen molar-refractivity contribution >= 4 is 28.2 Å². The molecule has 0 saturated carbocycles. The summed E-state index contributed by atoms with van der Waals surface area (Å²) in [4.78, 5) is 40.4. The zero-order chi connectivity index (χ0) is 15.0. The fourth-order valence-corrected chi connectivity index (χ4v) is 2.60. The minimum absolute atomic E-state index is 0.170. The highest BCUT2D eigenvalue weighted by atomic mass is 32.1. The minimum Gasteiger partial charge on any atom is -0.480 e. The van der Waals surface area contributed by atoms with Gasteiger partial charge in [0.15, 0.2) is 4.96 Å². The van der Waals surface area contributed by atoms with E-state index in [9.17, 15) is 14.4 Å². The molecule has 2 aromatic heterocycles. The number of carbonyl (C=O) groups is 2. The number of hydrogen-bond acceptors (Lipinski definition) is 5. The molecule has 0 saturated heterocycles. The van der Waals surface area contributed by atoms with Crippen LogP contribution >= 0.6 is 11.3 Å². The first-order chi connectivity index (χ1) is 9.32. The van der Waals surface area contributed by atoms with Crippen LogP contribution in [0.2, 0.25) is 0 Å². The van der Waals surface area contributed by atoms with Crippen LogP contribution in [0.25, 0.3) is 4.96 Å². The van der Waals surface area contributed by atoms with E-state index < -0.39 is 23.5 Å². The molecule has 20 heavy (non-hydrogen) atoms. The van der Waals surface area contributed by atoms with Crippen LogP contribution in [0.4, 0.5) is 0 Å². The molecule has 2 heterocycles. The van der Waals surface area contributed by atoms with Gasteiger partial charge in [0, 0.05) is 16.8 Å². The average Bonchev–Trinajstić information content (AvgIpc) is 2.65. The number of amides is 1. The highest BCUT2D eigenvalue weighted by Crippen LogP contribution is 2.18. The summed E-state index contributed by atoms with van der Waals surface area (Å²) in [5, 5.41) is 11.0. The van der Waals surface area contributed by atoms with E-state index in [1.54, 1.807) is 6.92 Å². The van der Waals surface area contributed by atoms with Gasteiger partial charge in [-0.15, -0.1) is 11.3 Å². The Labute approximate surface area is 117 Å². The first-order valence-electron chi connectivity index (χ1n) is 5.84. The third-order valence-electron chi connectivity index (χ3n) is 2.98. The molecule has 0 radical (unpaired) electrons. The number of carboxylic acids is 1. The highest BCUT2D eigenvalue weighted by molar-refractivity contribution is 7.17. The van der Waals surface area contributed by atoms with E-state index in [1.807, 2.05) is 6.92 Å². The van der Waals surface area contributed by atoms with Gasteiger partial charge in [0.2, 0.25) is 0 Å². The number of carbonyl (C=O) groups excluding carboxylic acids is 1. The van der Waals surface area contributed by atoms with E-state index >= 15 is 0 Å². The van der Waals surface area contributed by atoms with E-state index in [-0.39, 0.29) is 5.56 Å². The normalized spacial score (nSPS) is 12.3. The molecule has 0 spiro atoms. The van der Waals surface area contributed by atoms with Gasteiger partial charge < -0.3 is 10.4 Å². The number of hydrogen-bond donors (Lipinski definition) is 2. The van der Waals surface area contributed by atoms with Crippen LogP contribution in [-0.4, -0.2) is 32.4 Å². The molecule has 0 fully saturated rings. The Kier molecular flexibility index (Phi) is 3.58. The van der Waals surface area contributed by atoms with Crippen molar-refractivity contribution in [3.63, 3.8) is 0 Å². The fourth-order valence-electron chi connectivity index (χ4n) is 1.67. The number of nitrogens with one attached hydrogen (secondary N) is 1. The van der Waals surface area contributed by atoms with Crippen molar-refractivity contribution in [2.45, 2.75) is 26.8 Å². The summed E-state index contributed by atoms with van der Waals surface area (Å²) >= 11 is 1.36. The molecule has 1 atom stereocenters. The number of nitrogens with zero attached hydrogens (tertiary/aromatic N) is 2. The van der Waals surface area contributed by atoms with Crippen LogP contribution < -0.4 is 10.9 Å². The van der Waals surface area contributed by atoms with Gasteiger partial charge in [-0.25, -0.2) is 4.98 Å². The van der Waals surface area contributed by atoms with Crippen molar-refractivity contribution in [3.8, 4) is 0 Å². The molecule has 0 aliphatic rings. The van der Waals surface area contributed by atoms with Crippen LogP contribution in [-0.2, 0) is 4.79 Å². The van der Waals surface area contributed by atoms with Crippen molar-refractivity contribution < 1.29 is 14.7 Å². The van der Waals surface area contributed by atoms with Gasteiger partial charge in [-0.1, -0.05) is 0 Å². The van der Waals surface area contributed by atoms with Crippen molar-refractivity contribution in [2.24, 2.45) is 0 Å². The molecule has 0 aliphatic heterocycles. The second-order valence-corrected chi connectivity index (χ2v) is 5.55. The SMILES string of the molecule is Cc1sc2ncc(C(=O)N[C@H](C)C(=O)O)c(=O)n2c1C. The van der Waals surface area contributed by atoms with E-state index in [4.69, 9.17) is 5.11 Å². The Hall–Kier alpha value is -2.22. The molecule has 0 unspecified atom stereocenters. The van der Waals surface area contributed by atoms with Gasteiger partial charge in [-0.2, -0.15) is 0 Å². The zero-order valence-corrected chi connectivity index (χ0v) is 11.9. The van der Waals surface area contributed by atoms with Crippen LogP contribution in [0.5, 0.6) is 0 Å². The standard InChI is InChI=1S/C12H13N3O4S/c1-5(11(18)19)14-9(16)8-4-13-12-15(10(8)17)6(2)7(3)20-12/h4-5H,1-3H3,(H,14,16)(H,18,19)/t5-/m1/s1. The maximum absolute atomic E-state index is 12.3. The van der Waals surface area contributed by atoms with Crippen LogP contribution in [0.15, 0.2) is 11.0 Å². The Bertz CT molecular complexity index is 762. The summed E-state index contributed by atoms with van der Waals surface area (Å²) in [6, 6.07) is -1.08. The first-order valence-corrected chi connectivity index (χ1v) is 6.66. The Balaban J connectivity index is 2.48. The minimum atomic E-state index is -1.17. The third-order valence-corrected chi connectivity index (χ3v) is 4.05. The molecule has 1 amide bonds. The van der Waals surface area contributed by atoms with Crippen molar-refractivity contribution in [3.05, 3.63) is 32.7 Å². The number of thiazole rings is 1. The summed E-state index contributed by atoms with van der Waals surface area (Å²) in [6.07, 6.45) is 1.18. The number of aliphatic carboxylic acids is 1. The van der Waals surface area contributed by atoms with E-state index in [0.717, 1.165) is 10.6 Å². The molecular formula is C12H13N3O4S. The van der Waals surface area contributed by atoms with Crippen molar-refractivity contribution in [1.29, 1.82) is 0 Å². The Morgan fingerprint density at radius 1 is 1.45 bits per heavy atom. The zero-order valence-electron chi connectivity index (χ0n) is 11.1. The molecule has 7 nitrogen and oxygen atoms in total. The number of rotatable bonds is 3. The summed E-state index contributed by atoms with van der Waals surface area (Å²) < 4.78 is 1.36. The largest absolute Gasteiger partial charge is 0.480 e. The maximum atomic E-state index is 12.3. The lowest BCUT2D eigenvalue weighted by molar-refractivity contribution is -0.138. The number of aromatic nitrogens is 2. The third kappa shape index (κ3) is 2.29. The van der Waals surface area contributed by atoms with Gasteiger partial charge >= 0.3 is 5.97 Å². The van der Waals surface area contributed by atoms with Crippen molar-refractivity contribution in [1.82, 2.24) is 14.7 Å². The predicted octanol–water partition coefficient (Wildman–Crippen LogP) is 0.576. The predicted molar refractivity (Wildman–Crippen MR) is 73.4 cm³/mol. The van der Waals surface area contributed by atoms with Gasteiger partial charge in [0.1, 0.15) is 11.6 Å².